The maximum Gasteiger partial charge on any atom is 0.306 e. The van der Waals surface area contributed by atoms with Crippen LogP contribution in [0.25, 0.3) is 0 Å². The minimum Gasteiger partial charge on any atom is -0.481 e. The van der Waals surface area contributed by atoms with Crippen LogP contribution in [0.4, 0.5) is 0 Å². The van der Waals surface area contributed by atoms with E-state index in [4.69, 9.17) is 5.11 Å². The Balaban J connectivity index is 1.54. The van der Waals surface area contributed by atoms with E-state index in [1.807, 2.05) is 11.8 Å². The number of fused-ring (bicyclic) bond motifs is 1. The highest BCUT2D eigenvalue weighted by molar-refractivity contribution is 7.99. The van der Waals surface area contributed by atoms with Crippen molar-refractivity contribution in [2.45, 2.75) is 31.7 Å². The van der Waals surface area contributed by atoms with Crippen molar-refractivity contribution in [2.75, 3.05) is 11.5 Å². The number of carbonyl (C=O) groups is 2. The van der Waals surface area contributed by atoms with Crippen molar-refractivity contribution in [1.29, 1.82) is 0 Å². The average Bonchev–Trinajstić information content (AvgIpc) is 3.08. The lowest BCUT2D eigenvalue weighted by Gasteiger charge is -2.23. The maximum absolute atomic E-state index is 12.1. The van der Waals surface area contributed by atoms with E-state index in [-0.39, 0.29) is 23.8 Å². The van der Waals surface area contributed by atoms with Crippen LogP contribution in [0.2, 0.25) is 0 Å². The first kappa shape index (κ1) is 12.3. The lowest BCUT2D eigenvalue weighted by molar-refractivity contribution is -0.142. The zero-order valence-corrected chi connectivity index (χ0v) is 11.1. The Bertz CT molecular complexity index is 367. The summed E-state index contributed by atoms with van der Waals surface area (Å²) in [7, 11) is 0. The Kier molecular flexibility index (Phi) is 3.26. The molecule has 18 heavy (non-hydrogen) atoms. The van der Waals surface area contributed by atoms with Gasteiger partial charge < -0.3 is 10.4 Å². The average molecular weight is 269 g/mol. The fourth-order valence-electron chi connectivity index (χ4n) is 3.49. The third-order valence-corrected chi connectivity index (χ3v) is 5.72. The highest BCUT2D eigenvalue weighted by atomic mass is 32.2. The summed E-state index contributed by atoms with van der Waals surface area (Å²) < 4.78 is 0. The van der Waals surface area contributed by atoms with Gasteiger partial charge in [0.2, 0.25) is 5.91 Å². The lowest BCUT2D eigenvalue weighted by Crippen LogP contribution is -2.40. The number of hydrogen-bond acceptors (Lipinski definition) is 3. The van der Waals surface area contributed by atoms with Gasteiger partial charge in [0.05, 0.1) is 5.92 Å². The van der Waals surface area contributed by atoms with Gasteiger partial charge in [-0.25, -0.2) is 0 Å². The molecule has 2 aliphatic carbocycles. The third kappa shape index (κ3) is 2.25. The molecule has 2 saturated carbocycles. The SMILES string of the molecule is O=C(N[C@H]1C[C@@H](C(=O)O)[C@@H]2C[C@@H]21)C1CCSCC1. The van der Waals surface area contributed by atoms with E-state index in [1.54, 1.807) is 0 Å². The summed E-state index contributed by atoms with van der Waals surface area (Å²) in [5.74, 6) is 2.33. The number of aliphatic carboxylic acids is 1. The quantitative estimate of drug-likeness (QED) is 0.812. The standard InChI is InChI=1S/C13H19NO3S/c15-12(7-1-3-18-4-2-7)14-11-6-10(13(16)17)8-5-9(8)11/h7-11H,1-6H2,(H,14,15)(H,16,17)/t8-,9+,10-,11+/m1/s1. The number of nitrogens with one attached hydrogen (secondary N) is 1. The van der Waals surface area contributed by atoms with Gasteiger partial charge in [0.15, 0.2) is 0 Å². The van der Waals surface area contributed by atoms with E-state index in [0.29, 0.717) is 18.3 Å². The zero-order valence-electron chi connectivity index (χ0n) is 10.3. The van der Waals surface area contributed by atoms with Gasteiger partial charge in [-0.15, -0.1) is 0 Å². The van der Waals surface area contributed by atoms with Gasteiger partial charge in [0.25, 0.3) is 0 Å². The summed E-state index contributed by atoms with van der Waals surface area (Å²) in [6.45, 7) is 0. The van der Waals surface area contributed by atoms with Crippen LogP contribution in [-0.4, -0.2) is 34.5 Å². The first-order valence-corrected chi connectivity index (χ1v) is 7.93. The molecule has 0 unspecified atom stereocenters. The van der Waals surface area contributed by atoms with E-state index >= 15 is 0 Å². The largest absolute Gasteiger partial charge is 0.481 e. The summed E-state index contributed by atoms with van der Waals surface area (Å²) in [4.78, 5) is 23.2. The Hall–Kier alpha value is -0.710. The second-order valence-electron chi connectivity index (χ2n) is 5.75. The van der Waals surface area contributed by atoms with Crippen molar-refractivity contribution in [2.24, 2.45) is 23.7 Å². The molecule has 4 atom stereocenters. The minimum atomic E-state index is -0.687. The fourth-order valence-corrected chi connectivity index (χ4v) is 4.60. The van der Waals surface area contributed by atoms with Gasteiger partial charge in [0, 0.05) is 12.0 Å². The normalized spacial score (nSPS) is 39.1. The van der Waals surface area contributed by atoms with E-state index in [9.17, 15) is 9.59 Å². The minimum absolute atomic E-state index is 0.123. The number of carboxylic acid groups (broad SMARTS) is 1. The molecule has 0 radical (unpaired) electrons. The summed E-state index contributed by atoms with van der Waals surface area (Å²) in [5, 5.41) is 12.2. The van der Waals surface area contributed by atoms with Gasteiger partial charge in [-0.05, 0) is 49.0 Å². The Morgan fingerprint density at radius 3 is 2.44 bits per heavy atom. The van der Waals surface area contributed by atoms with Crippen LogP contribution in [0.3, 0.4) is 0 Å². The molecule has 4 nitrogen and oxygen atoms in total. The molecule has 1 aliphatic heterocycles. The summed E-state index contributed by atoms with van der Waals surface area (Å²) in [6.07, 6.45) is 3.57. The zero-order chi connectivity index (χ0) is 12.7. The molecule has 0 aromatic rings. The second-order valence-corrected chi connectivity index (χ2v) is 6.97. The lowest BCUT2D eigenvalue weighted by atomic mass is 9.99. The maximum atomic E-state index is 12.1. The van der Waals surface area contributed by atoms with E-state index < -0.39 is 5.97 Å². The van der Waals surface area contributed by atoms with Crippen molar-refractivity contribution in [3.05, 3.63) is 0 Å². The predicted octanol–water partition coefficient (Wildman–Crippen LogP) is 1.35. The highest BCUT2D eigenvalue weighted by Gasteiger charge is 2.57. The molecule has 5 heteroatoms. The highest BCUT2D eigenvalue weighted by Crippen LogP contribution is 2.55. The second kappa shape index (κ2) is 4.76. The number of amides is 1. The fraction of sp³-hybridized carbons (Fsp3) is 0.846. The van der Waals surface area contributed by atoms with Gasteiger partial charge in [0.1, 0.15) is 0 Å². The summed E-state index contributed by atoms with van der Waals surface area (Å²) in [6, 6.07) is 0.123. The predicted molar refractivity (Wildman–Crippen MR) is 69.3 cm³/mol. The summed E-state index contributed by atoms with van der Waals surface area (Å²) >= 11 is 1.91. The molecule has 0 spiro atoms. The molecule has 0 aromatic carbocycles. The Morgan fingerprint density at radius 1 is 1.11 bits per heavy atom. The molecular weight excluding hydrogens is 250 g/mol. The number of thioether (sulfide) groups is 1. The van der Waals surface area contributed by atoms with Gasteiger partial charge in [-0.2, -0.15) is 11.8 Å². The van der Waals surface area contributed by atoms with Crippen LogP contribution in [0.5, 0.6) is 0 Å². The molecule has 3 fully saturated rings. The monoisotopic (exact) mass is 269 g/mol. The number of hydrogen-bond donors (Lipinski definition) is 2. The van der Waals surface area contributed by atoms with E-state index in [1.165, 1.54) is 0 Å². The molecule has 1 heterocycles. The van der Waals surface area contributed by atoms with Gasteiger partial charge >= 0.3 is 5.97 Å². The molecule has 1 saturated heterocycles. The number of carboxylic acids is 1. The smallest absolute Gasteiger partial charge is 0.306 e. The van der Waals surface area contributed by atoms with Crippen molar-refractivity contribution >= 4 is 23.6 Å². The van der Waals surface area contributed by atoms with Gasteiger partial charge in [-0.1, -0.05) is 0 Å². The first-order chi connectivity index (χ1) is 8.66. The van der Waals surface area contributed by atoms with Crippen molar-refractivity contribution < 1.29 is 14.7 Å². The van der Waals surface area contributed by atoms with Crippen molar-refractivity contribution in [3.63, 3.8) is 0 Å². The summed E-state index contributed by atoms with van der Waals surface area (Å²) in [5.41, 5.74) is 0. The Morgan fingerprint density at radius 2 is 1.83 bits per heavy atom. The van der Waals surface area contributed by atoms with Crippen LogP contribution in [0.1, 0.15) is 25.7 Å². The van der Waals surface area contributed by atoms with Crippen LogP contribution >= 0.6 is 11.8 Å². The van der Waals surface area contributed by atoms with Crippen LogP contribution in [0, 0.1) is 23.7 Å². The molecule has 100 valence electrons. The molecule has 0 aromatic heterocycles. The van der Waals surface area contributed by atoms with Crippen LogP contribution < -0.4 is 5.32 Å². The van der Waals surface area contributed by atoms with Crippen molar-refractivity contribution in [1.82, 2.24) is 5.32 Å². The molecule has 0 bridgehead atoms. The molecular formula is C13H19NO3S. The molecule has 1 amide bonds. The first-order valence-electron chi connectivity index (χ1n) is 6.77. The van der Waals surface area contributed by atoms with Gasteiger partial charge in [-0.3, -0.25) is 9.59 Å². The number of rotatable bonds is 3. The van der Waals surface area contributed by atoms with Crippen LogP contribution in [-0.2, 0) is 9.59 Å². The number of carbonyl (C=O) groups excluding carboxylic acids is 1. The molecule has 2 N–H and O–H groups in total. The van der Waals surface area contributed by atoms with Crippen LogP contribution in [0.15, 0.2) is 0 Å². The third-order valence-electron chi connectivity index (χ3n) is 4.67. The topological polar surface area (TPSA) is 66.4 Å². The van der Waals surface area contributed by atoms with E-state index in [0.717, 1.165) is 30.8 Å². The molecule has 3 aliphatic rings. The van der Waals surface area contributed by atoms with Crippen molar-refractivity contribution in [3.8, 4) is 0 Å². The Labute approximate surface area is 111 Å². The van der Waals surface area contributed by atoms with E-state index in [2.05, 4.69) is 5.32 Å². The molecule has 3 rings (SSSR count).